The smallest absolute Gasteiger partial charge is 0.259 e. The fraction of sp³-hybridized carbons (Fsp3) is 0.421. The Morgan fingerprint density at radius 3 is 2.71 bits per heavy atom. The lowest BCUT2D eigenvalue weighted by Crippen LogP contribution is -2.37. The molecule has 1 aromatic heterocycles. The van der Waals surface area contributed by atoms with Gasteiger partial charge >= 0.3 is 0 Å². The maximum absolute atomic E-state index is 12.9. The third-order valence-electron chi connectivity index (χ3n) is 4.53. The molecule has 0 bridgehead atoms. The highest BCUT2D eigenvalue weighted by Crippen LogP contribution is 2.34. The van der Waals surface area contributed by atoms with Gasteiger partial charge in [0.05, 0.1) is 25.0 Å². The molecule has 0 unspecified atom stereocenters. The standard InChI is InChI=1S/C19H23N5O4/c1-23(2)17-14(12-20-19(22-17)24-6-8-26-9-7-24)21-18(25)13-4-3-5-15-16(13)28-11-10-27-15/h3-5,12H,6-11H2,1-2H3,(H,21,25). The van der Waals surface area contributed by atoms with E-state index in [-0.39, 0.29) is 5.91 Å². The van der Waals surface area contributed by atoms with Gasteiger partial charge in [-0.25, -0.2) is 4.98 Å². The number of hydrogen-bond acceptors (Lipinski definition) is 8. The van der Waals surface area contributed by atoms with E-state index in [1.54, 1.807) is 24.4 Å². The van der Waals surface area contributed by atoms with E-state index in [0.29, 0.717) is 60.9 Å². The molecule has 0 atom stereocenters. The summed E-state index contributed by atoms with van der Waals surface area (Å²) in [4.78, 5) is 25.9. The van der Waals surface area contributed by atoms with Crippen molar-refractivity contribution < 1.29 is 19.0 Å². The van der Waals surface area contributed by atoms with Crippen LogP contribution in [0.25, 0.3) is 0 Å². The number of amides is 1. The first-order chi connectivity index (χ1) is 13.6. The molecule has 4 rings (SSSR count). The van der Waals surface area contributed by atoms with E-state index in [4.69, 9.17) is 14.2 Å². The van der Waals surface area contributed by atoms with Crippen LogP contribution in [0.2, 0.25) is 0 Å². The minimum Gasteiger partial charge on any atom is -0.486 e. The fourth-order valence-corrected chi connectivity index (χ4v) is 3.15. The van der Waals surface area contributed by atoms with Gasteiger partial charge in [-0.15, -0.1) is 0 Å². The Morgan fingerprint density at radius 1 is 1.14 bits per heavy atom. The third-order valence-corrected chi connectivity index (χ3v) is 4.53. The number of carbonyl (C=O) groups is 1. The number of rotatable bonds is 4. The first-order valence-corrected chi connectivity index (χ1v) is 9.20. The van der Waals surface area contributed by atoms with Gasteiger partial charge in [0.15, 0.2) is 17.3 Å². The van der Waals surface area contributed by atoms with Crippen LogP contribution in [0.3, 0.4) is 0 Å². The van der Waals surface area contributed by atoms with Gasteiger partial charge in [-0.3, -0.25) is 4.79 Å². The second kappa shape index (κ2) is 7.89. The van der Waals surface area contributed by atoms with Crippen molar-refractivity contribution in [2.24, 2.45) is 0 Å². The molecular formula is C19H23N5O4. The molecule has 1 aromatic carbocycles. The molecule has 1 fully saturated rings. The Bertz CT molecular complexity index is 867. The van der Waals surface area contributed by atoms with Gasteiger partial charge in [0, 0.05) is 27.2 Å². The predicted molar refractivity (Wildman–Crippen MR) is 105 cm³/mol. The van der Waals surface area contributed by atoms with Crippen molar-refractivity contribution in [3.05, 3.63) is 30.0 Å². The number of ether oxygens (including phenoxy) is 3. The summed E-state index contributed by atoms with van der Waals surface area (Å²) in [6, 6.07) is 5.27. The summed E-state index contributed by atoms with van der Waals surface area (Å²) in [5, 5.41) is 2.90. The van der Waals surface area contributed by atoms with E-state index in [1.807, 2.05) is 19.0 Å². The van der Waals surface area contributed by atoms with Crippen LogP contribution in [0, 0.1) is 0 Å². The average Bonchev–Trinajstić information content (AvgIpc) is 2.74. The van der Waals surface area contributed by atoms with Crippen LogP contribution in [0.1, 0.15) is 10.4 Å². The summed E-state index contributed by atoms with van der Waals surface area (Å²) < 4.78 is 16.6. The van der Waals surface area contributed by atoms with E-state index in [1.165, 1.54) is 0 Å². The average molecular weight is 385 g/mol. The van der Waals surface area contributed by atoms with Gasteiger partial charge in [-0.2, -0.15) is 4.98 Å². The number of carbonyl (C=O) groups excluding carboxylic acids is 1. The van der Waals surface area contributed by atoms with Crippen molar-refractivity contribution in [3.8, 4) is 11.5 Å². The minimum atomic E-state index is -0.298. The molecule has 0 radical (unpaired) electrons. The van der Waals surface area contributed by atoms with Gasteiger partial charge < -0.3 is 29.3 Å². The number of morpholine rings is 1. The number of hydrogen-bond donors (Lipinski definition) is 1. The van der Waals surface area contributed by atoms with Gasteiger partial charge in [0.1, 0.15) is 18.9 Å². The Morgan fingerprint density at radius 2 is 1.93 bits per heavy atom. The summed E-state index contributed by atoms with van der Waals surface area (Å²) in [6.07, 6.45) is 1.64. The largest absolute Gasteiger partial charge is 0.486 e. The highest BCUT2D eigenvalue weighted by atomic mass is 16.6. The van der Waals surface area contributed by atoms with Crippen LogP contribution in [0.5, 0.6) is 11.5 Å². The maximum Gasteiger partial charge on any atom is 0.259 e. The van der Waals surface area contributed by atoms with Crippen LogP contribution >= 0.6 is 0 Å². The van der Waals surface area contributed by atoms with Gasteiger partial charge in [-0.05, 0) is 12.1 Å². The second-order valence-corrected chi connectivity index (χ2v) is 6.69. The zero-order valence-corrected chi connectivity index (χ0v) is 16.0. The van der Waals surface area contributed by atoms with E-state index in [2.05, 4.69) is 20.2 Å². The normalized spacial score (nSPS) is 15.9. The summed E-state index contributed by atoms with van der Waals surface area (Å²) >= 11 is 0. The lowest BCUT2D eigenvalue weighted by Gasteiger charge is -2.28. The number of anilines is 3. The van der Waals surface area contributed by atoms with Crippen LogP contribution in [0.4, 0.5) is 17.5 Å². The van der Waals surface area contributed by atoms with E-state index >= 15 is 0 Å². The number of fused-ring (bicyclic) bond motifs is 1. The SMILES string of the molecule is CN(C)c1nc(N2CCOCC2)ncc1NC(=O)c1cccc2c1OCCO2. The zero-order chi connectivity index (χ0) is 19.5. The van der Waals surface area contributed by atoms with Crippen molar-refractivity contribution in [3.63, 3.8) is 0 Å². The molecule has 9 heteroatoms. The number of aromatic nitrogens is 2. The number of nitrogens with one attached hydrogen (secondary N) is 1. The first kappa shape index (κ1) is 18.3. The van der Waals surface area contributed by atoms with Gasteiger partial charge in [-0.1, -0.05) is 6.07 Å². The summed E-state index contributed by atoms with van der Waals surface area (Å²) in [5.41, 5.74) is 0.945. The Hall–Kier alpha value is -3.07. The third kappa shape index (κ3) is 3.65. The van der Waals surface area contributed by atoms with Crippen LogP contribution in [-0.4, -0.2) is 69.5 Å². The lowest BCUT2D eigenvalue weighted by molar-refractivity contribution is 0.101. The number of benzene rings is 1. The quantitative estimate of drug-likeness (QED) is 0.845. The first-order valence-electron chi connectivity index (χ1n) is 9.20. The molecule has 148 valence electrons. The van der Waals surface area contributed by atoms with E-state index in [0.717, 1.165) is 13.1 Å². The molecule has 3 heterocycles. The number of para-hydroxylation sites is 1. The van der Waals surface area contributed by atoms with Crippen molar-refractivity contribution in [1.29, 1.82) is 0 Å². The summed E-state index contributed by atoms with van der Waals surface area (Å²) in [5.74, 6) is 1.99. The van der Waals surface area contributed by atoms with Crippen LogP contribution in [0.15, 0.2) is 24.4 Å². The molecule has 0 aliphatic carbocycles. The highest BCUT2D eigenvalue weighted by molar-refractivity contribution is 6.08. The molecule has 9 nitrogen and oxygen atoms in total. The van der Waals surface area contributed by atoms with E-state index in [9.17, 15) is 4.79 Å². The lowest BCUT2D eigenvalue weighted by atomic mass is 10.1. The minimum absolute atomic E-state index is 0.298. The van der Waals surface area contributed by atoms with E-state index < -0.39 is 0 Å². The Labute approximate surface area is 163 Å². The molecule has 0 spiro atoms. The molecule has 2 aliphatic heterocycles. The highest BCUT2D eigenvalue weighted by Gasteiger charge is 2.23. The van der Waals surface area contributed by atoms with Crippen LogP contribution < -0.4 is 24.6 Å². The maximum atomic E-state index is 12.9. The van der Waals surface area contributed by atoms with Crippen molar-refractivity contribution in [2.45, 2.75) is 0 Å². The van der Waals surface area contributed by atoms with Gasteiger partial charge in [0.2, 0.25) is 5.95 Å². The predicted octanol–water partition coefficient (Wildman–Crippen LogP) is 1.40. The van der Waals surface area contributed by atoms with Gasteiger partial charge in [0.25, 0.3) is 5.91 Å². The van der Waals surface area contributed by atoms with Crippen molar-refractivity contribution in [2.75, 3.05) is 68.7 Å². The Kier molecular flexibility index (Phi) is 5.16. The fourth-order valence-electron chi connectivity index (χ4n) is 3.15. The molecule has 1 saturated heterocycles. The zero-order valence-electron chi connectivity index (χ0n) is 16.0. The topological polar surface area (TPSA) is 89.1 Å². The molecule has 28 heavy (non-hydrogen) atoms. The molecule has 1 amide bonds. The summed E-state index contributed by atoms with van der Waals surface area (Å²) in [7, 11) is 3.75. The summed E-state index contributed by atoms with van der Waals surface area (Å²) in [6.45, 7) is 3.68. The molecule has 0 saturated carbocycles. The Balaban J connectivity index is 1.60. The molecule has 2 aromatic rings. The molecule has 1 N–H and O–H groups in total. The monoisotopic (exact) mass is 385 g/mol. The van der Waals surface area contributed by atoms with Crippen LogP contribution in [-0.2, 0) is 4.74 Å². The molecule has 2 aliphatic rings. The second-order valence-electron chi connectivity index (χ2n) is 6.69. The molecular weight excluding hydrogens is 362 g/mol. The van der Waals surface area contributed by atoms with Crippen molar-refractivity contribution >= 4 is 23.4 Å². The number of nitrogens with zero attached hydrogens (tertiary/aromatic N) is 4. The van der Waals surface area contributed by atoms with Crippen molar-refractivity contribution in [1.82, 2.24) is 9.97 Å².